The van der Waals surface area contributed by atoms with Gasteiger partial charge in [-0.2, -0.15) is 5.10 Å². The third-order valence-electron chi connectivity index (χ3n) is 2.45. The second-order valence-electron chi connectivity index (χ2n) is 3.69. The SMILES string of the molecule is Cc1nn(C(C)C(=O)c2ccc(Cl)s2)cc1Cl. The van der Waals surface area contributed by atoms with Crippen LogP contribution in [0.15, 0.2) is 18.3 Å². The summed E-state index contributed by atoms with van der Waals surface area (Å²) in [5.74, 6) is -0.0129. The molecule has 1 unspecified atom stereocenters. The molecule has 2 heterocycles. The second-order valence-corrected chi connectivity index (χ2v) is 5.81. The van der Waals surface area contributed by atoms with E-state index in [9.17, 15) is 4.79 Å². The predicted molar refractivity (Wildman–Crippen MR) is 70.3 cm³/mol. The summed E-state index contributed by atoms with van der Waals surface area (Å²) in [7, 11) is 0. The molecule has 0 radical (unpaired) electrons. The van der Waals surface area contributed by atoms with Crippen molar-refractivity contribution in [3.05, 3.63) is 38.3 Å². The van der Waals surface area contributed by atoms with Gasteiger partial charge in [-0.05, 0) is 26.0 Å². The quantitative estimate of drug-likeness (QED) is 0.800. The molecule has 2 aromatic rings. The van der Waals surface area contributed by atoms with Crippen LogP contribution in [0.3, 0.4) is 0 Å². The number of hydrogen-bond donors (Lipinski definition) is 0. The molecule has 0 saturated heterocycles. The van der Waals surface area contributed by atoms with Gasteiger partial charge in [0.2, 0.25) is 0 Å². The van der Waals surface area contributed by atoms with Crippen LogP contribution in [-0.4, -0.2) is 15.6 Å². The zero-order valence-corrected chi connectivity index (χ0v) is 11.6. The lowest BCUT2D eigenvalue weighted by Crippen LogP contribution is -2.16. The molecule has 90 valence electrons. The normalized spacial score (nSPS) is 12.7. The Kier molecular flexibility index (Phi) is 3.56. The number of aromatic nitrogens is 2. The third-order valence-corrected chi connectivity index (χ3v) is 4.07. The van der Waals surface area contributed by atoms with E-state index in [4.69, 9.17) is 23.2 Å². The summed E-state index contributed by atoms with van der Waals surface area (Å²) in [6.07, 6.45) is 1.66. The zero-order chi connectivity index (χ0) is 12.6. The van der Waals surface area contributed by atoms with Crippen LogP contribution >= 0.6 is 34.5 Å². The van der Waals surface area contributed by atoms with Crippen LogP contribution in [0.4, 0.5) is 0 Å². The van der Waals surface area contributed by atoms with Crippen molar-refractivity contribution in [2.24, 2.45) is 0 Å². The van der Waals surface area contributed by atoms with Crippen molar-refractivity contribution in [1.29, 1.82) is 0 Å². The summed E-state index contributed by atoms with van der Waals surface area (Å²) in [4.78, 5) is 12.8. The van der Waals surface area contributed by atoms with Crippen LogP contribution in [0.5, 0.6) is 0 Å². The molecule has 0 aliphatic heterocycles. The Balaban J connectivity index is 2.26. The lowest BCUT2D eigenvalue weighted by atomic mass is 10.2. The summed E-state index contributed by atoms with van der Waals surface area (Å²) in [6, 6.07) is 3.06. The topological polar surface area (TPSA) is 34.9 Å². The van der Waals surface area contributed by atoms with Crippen molar-refractivity contribution in [3.8, 4) is 0 Å². The summed E-state index contributed by atoms with van der Waals surface area (Å²) in [5.41, 5.74) is 0.718. The van der Waals surface area contributed by atoms with Crippen molar-refractivity contribution < 1.29 is 4.79 Å². The molecule has 0 saturated carbocycles. The maximum Gasteiger partial charge on any atom is 0.197 e. The number of hydrogen-bond acceptors (Lipinski definition) is 3. The van der Waals surface area contributed by atoms with Crippen LogP contribution in [-0.2, 0) is 0 Å². The molecular weight excluding hydrogens is 279 g/mol. The maximum absolute atomic E-state index is 12.1. The van der Waals surface area contributed by atoms with Crippen molar-refractivity contribution in [2.45, 2.75) is 19.9 Å². The van der Waals surface area contributed by atoms with E-state index in [1.165, 1.54) is 11.3 Å². The fourth-order valence-corrected chi connectivity index (χ4v) is 2.63. The average Bonchev–Trinajstić information content (AvgIpc) is 2.85. The molecule has 0 amide bonds. The predicted octanol–water partition coefficient (Wildman–Crippen LogP) is 4.00. The minimum Gasteiger partial charge on any atom is -0.291 e. The van der Waals surface area contributed by atoms with Gasteiger partial charge in [-0.1, -0.05) is 23.2 Å². The monoisotopic (exact) mass is 288 g/mol. The molecule has 0 bridgehead atoms. The van der Waals surface area contributed by atoms with E-state index in [2.05, 4.69) is 5.10 Å². The molecular formula is C11H10Cl2N2OS. The van der Waals surface area contributed by atoms with Crippen LogP contribution < -0.4 is 0 Å². The van der Waals surface area contributed by atoms with E-state index in [0.29, 0.717) is 14.2 Å². The molecule has 0 aliphatic carbocycles. The minimum absolute atomic E-state index is 0.0129. The van der Waals surface area contributed by atoms with Crippen molar-refractivity contribution in [2.75, 3.05) is 0 Å². The number of nitrogens with zero attached hydrogens (tertiary/aromatic N) is 2. The largest absolute Gasteiger partial charge is 0.291 e. The molecule has 6 heteroatoms. The lowest BCUT2D eigenvalue weighted by molar-refractivity contribution is 0.0932. The van der Waals surface area contributed by atoms with E-state index in [1.807, 2.05) is 0 Å². The Morgan fingerprint density at radius 1 is 1.47 bits per heavy atom. The van der Waals surface area contributed by atoms with Gasteiger partial charge in [0.25, 0.3) is 0 Å². The number of ketones is 1. The Hall–Kier alpha value is -0.840. The molecule has 2 rings (SSSR count). The lowest BCUT2D eigenvalue weighted by Gasteiger charge is -2.09. The number of thiophene rings is 1. The number of carbonyl (C=O) groups excluding carboxylic acids is 1. The van der Waals surface area contributed by atoms with Crippen LogP contribution in [0.1, 0.15) is 28.3 Å². The fraction of sp³-hybridized carbons (Fsp3) is 0.273. The molecule has 0 spiro atoms. The van der Waals surface area contributed by atoms with Crippen LogP contribution in [0.2, 0.25) is 9.36 Å². The van der Waals surface area contributed by atoms with Gasteiger partial charge in [0.05, 0.1) is 19.9 Å². The first-order chi connectivity index (χ1) is 7.99. The summed E-state index contributed by atoms with van der Waals surface area (Å²) in [5, 5.41) is 4.76. The highest BCUT2D eigenvalue weighted by Gasteiger charge is 2.20. The zero-order valence-electron chi connectivity index (χ0n) is 9.28. The highest BCUT2D eigenvalue weighted by Crippen LogP contribution is 2.26. The summed E-state index contributed by atoms with van der Waals surface area (Å²) < 4.78 is 2.18. The summed E-state index contributed by atoms with van der Waals surface area (Å²) >= 11 is 13.0. The maximum atomic E-state index is 12.1. The summed E-state index contributed by atoms with van der Waals surface area (Å²) in [6.45, 7) is 3.59. The molecule has 0 aromatic carbocycles. The molecule has 3 nitrogen and oxygen atoms in total. The Bertz CT molecular complexity index is 542. The average molecular weight is 289 g/mol. The highest BCUT2D eigenvalue weighted by atomic mass is 35.5. The number of Topliss-reactive ketones (excluding diaryl/α,β-unsaturated/α-hetero) is 1. The standard InChI is InChI=1S/C11H10Cl2N2OS/c1-6-8(12)5-15(14-6)7(2)11(16)9-3-4-10(13)17-9/h3-5,7H,1-2H3. The number of carbonyl (C=O) groups is 1. The fourth-order valence-electron chi connectivity index (χ4n) is 1.43. The van der Waals surface area contributed by atoms with Gasteiger partial charge < -0.3 is 0 Å². The van der Waals surface area contributed by atoms with Gasteiger partial charge in [-0.25, -0.2) is 0 Å². The van der Waals surface area contributed by atoms with Crippen molar-refractivity contribution in [3.63, 3.8) is 0 Å². The third kappa shape index (κ3) is 2.54. The van der Waals surface area contributed by atoms with Gasteiger partial charge in [-0.3, -0.25) is 9.48 Å². The van der Waals surface area contributed by atoms with Gasteiger partial charge in [-0.15, -0.1) is 11.3 Å². The van der Waals surface area contributed by atoms with E-state index in [1.54, 1.807) is 36.9 Å². The van der Waals surface area contributed by atoms with Crippen molar-refractivity contribution >= 4 is 40.3 Å². The van der Waals surface area contributed by atoms with E-state index >= 15 is 0 Å². The van der Waals surface area contributed by atoms with Crippen LogP contribution in [0.25, 0.3) is 0 Å². The molecule has 0 fully saturated rings. The van der Waals surface area contributed by atoms with Crippen LogP contribution in [0, 0.1) is 6.92 Å². The Labute approximate surface area is 113 Å². The van der Waals surface area contributed by atoms with E-state index < -0.39 is 0 Å². The first-order valence-electron chi connectivity index (χ1n) is 5.00. The Morgan fingerprint density at radius 3 is 2.65 bits per heavy atom. The van der Waals surface area contributed by atoms with Gasteiger partial charge >= 0.3 is 0 Å². The van der Waals surface area contributed by atoms with Gasteiger partial charge in [0.1, 0.15) is 6.04 Å². The first-order valence-corrected chi connectivity index (χ1v) is 6.57. The molecule has 0 aliphatic rings. The number of rotatable bonds is 3. The highest BCUT2D eigenvalue weighted by molar-refractivity contribution is 7.18. The van der Waals surface area contributed by atoms with E-state index in [-0.39, 0.29) is 11.8 Å². The smallest absolute Gasteiger partial charge is 0.197 e. The molecule has 17 heavy (non-hydrogen) atoms. The van der Waals surface area contributed by atoms with Gasteiger partial charge in [0.15, 0.2) is 5.78 Å². The minimum atomic E-state index is -0.379. The molecule has 0 N–H and O–H groups in total. The van der Waals surface area contributed by atoms with Gasteiger partial charge in [0, 0.05) is 6.20 Å². The number of halogens is 2. The first kappa shape index (κ1) is 12.6. The molecule has 2 aromatic heterocycles. The number of aryl methyl sites for hydroxylation is 1. The Morgan fingerprint density at radius 2 is 2.18 bits per heavy atom. The van der Waals surface area contributed by atoms with E-state index in [0.717, 1.165) is 5.69 Å². The molecule has 1 atom stereocenters. The van der Waals surface area contributed by atoms with Crippen molar-refractivity contribution in [1.82, 2.24) is 9.78 Å². The second kappa shape index (κ2) is 4.80.